The van der Waals surface area contributed by atoms with E-state index in [9.17, 15) is 4.79 Å². The van der Waals surface area contributed by atoms with E-state index in [2.05, 4.69) is 12.1 Å². The van der Waals surface area contributed by atoms with Crippen LogP contribution in [-0.2, 0) is 0 Å². The highest BCUT2D eigenvalue weighted by atomic mass is 32.1. The first kappa shape index (κ1) is 27.3. The second kappa shape index (κ2) is 10.1. The summed E-state index contributed by atoms with van der Waals surface area (Å²) in [6.45, 7) is 0. The van der Waals surface area contributed by atoms with Crippen LogP contribution in [0.1, 0.15) is 0 Å². The summed E-state index contributed by atoms with van der Waals surface area (Å²) in [4.78, 5) is 34.1. The summed E-state index contributed by atoms with van der Waals surface area (Å²) < 4.78 is 14.9. The van der Waals surface area contributed by atoms with Gasteiger partial charge in [0.2, 0.25) is 0 Å². The van der Waals surface area contributed by atoms with Crippen LogP contribution in [0.2, 0.25) is 0 Å². The lowest BCUT2D eigenvalue weighted by Crippen LogP contribution is -2.11. The summed E-state index contributed by atoms with van der Waals surface area (Å²) in [5.41, 5.74) is 6.97. The molecule has 0 saturated heterocycles. The average Bonchev–Trinajstić information content (AvgIpc) is 3.85. The molecule has 0 unspecified atom stereocenters. The molecule has 0 aliphatic heterocycles. The molecule has 0 aliphatic carbocycles. The van der Waals surface area contributed by atoms with Crippen LogP contribution in [0.4, 0.5) is 0 Å². The van der Waals surface area contributed by atoms with Crippen LogP contribution >= 0.6 is 11.3 Å². The Balaban J connectivity index is 1.12. The molecule has 0 aliphatic rings. The van der Waals surface area contributed by atoms with Crippen molar-refractivity contribution >= 4 is 81.3 Å². The maximum absolute atomic E-state index is 13.7. The molecule has 0 spiro atoms. The summed E-state index contributed by atoms with van der Waals surface area (Å²) >= 11 is 1.46. The molecule has 234 valence electrons. The van der Waals surface area contributed by atoms with Crippen molar-refractivity contribution in [3.05, 3.63) is 138 Å². The zero-order chi connectivity index (χ0) is 32.9. The summed E-state index contributed by atoms with van der Waals surface area (Å²) in [6, 6.07) is 41.5. The Hall–Kier alpha value is -6.71. The van der Waals surface area contributed by atoms with Gasteiger partial charge >= 0.3 is 0 Å². The SMILES string of the molecule is O=c1c2ccc(-c3nc(-c4ccc5c(c4)oc4ccccc45)nc(-c4ccc5c(c4)oc4ccccc45)n3)cc2sc2nc3ccccc3n12. The molecule has 11 rings (SSSR count). The van der Waals surface area contributed by atoms with Crippen molar-refractivity contribution in [1.82, 2.24) is 24.3 Å². The lowest BCUT2D eigenvalue weighted by Gasteiger charge is -2.09. The lowest BCUT2D eigenvalue weighted by atomic mass is 10.1. The number of imidazole rings is 1. The maximum atomic E-state index is 13.7. The van der Waals surface area contributed by atoms with Crippen LogP contribution < -0.4 is 5.56 Å². The topological polar surface area (TPSA) is 99.3 Å². The maximum Gasteiger partial charge on any atom is 0.266 e. The normalized spacial score (nSPS) is 12.1. The third-order valence-electron chi connectivity index (χ3n) is 9.31. The molecule has 5 heterocycles. The first-order chi connectivity index (χ1) is 24.6. The van der Waals surface area contributed by atoms with Gasteiger partial charge in [-0.05, 0) is 60.7 Å². The molecular weight excluding hydrogens is 643 g/mol. The Morgan fingerprint density at radius 1 is 0.480 bits per heavy atom. The second-order valence-corrected chi connectivity index (χ2v) is 13.3. The first-order valence-corrected chi connectivity index (χ1v) is 16.9. The van der Waals surface area contributed by atoms with Crippen molar-refractivity contribution < 1.29 is 8.83 Å². The molecule has 9 heteroatoms. The molecule has 11 aromatic rings. The number of nitrogens with zero attached hydrogens (tertiary/aromatic N) is 5. The molecule has 0 N–H and O–H groups in total. The van der Waals surface area contributed by atoms with E-state index in [4.69, 9.17) is 28.8 Å². The van der Waals surface area contributed by atoms with Gasteiger partial charge in [-0.3, -0.25) is 4.79 Å². The number of hydrogen-bond acceptors (Lipinski definition) is 8. The fourth-order valence-corrected chi connectivity index (χ4v) is 7.97. The fourth-order valence-electron chi connectivity index (χ4n) is 6.90. The minimum absolute atomic E-state index is 0.107. The largest absolute Gasteiger partial charge is 0.456 e. The minimum atomic E-state index is -0.107. The molecule has 0 atom stereocenters. The van der Waals surface area contributed by atoms with Crippen molar-refractivity contribution in [1.29, 1.82) is 0 Å². The number of aromatic nitrogens is 5. The van der Waals surface area contributed by atoms with Crippen LogP contribution in [0, 0.1) is 0 Å². The summed E-state index contributed by atoms with van der Waals surface area (Å²) in [7, 11) is 0. The van der Waals surface area contributed by atoms with Gasteiger partial charge in [-0.25, -0.2) is 24.3 Å². The zero-order valence-corrected chi connectivity index (χ0v) is 26.8. The van der Waals surface area contributed by atoms with Crippen molar-refractivity contribution in [2.75, 3.05) is 0 Å². The molecule has 0 radical (unpaired) electrons. The van der Waals surface area contributed by atoms with Crippen molar-refractivity contribution in [3.8, 4) is 34.2 Å². The number of rotatable bonds is 3. The highest BCUT2D eigenvalue weighted by Gasteiger charge is 2.18. The molecular formula is C41H21N5O3S. The van der Waals surface area contributed by atoms with E-state index in [0.717, 1.165) is 76.3 Å². The number of para-hydroxylation sites is 4. The highest BCUT2D eigenvalue weighted by Crippen LogP contribution is 2.35. The molecule has 50 heavy (non-hydrogen) atoms. The Bertz CT molecular complexity index is 3130. The van der Waals surface area contributed by atoms with Gasteiger partial charge in [0.1, 0.15) is 22.3 Å². The molecule has 0 amide bonds. The molecule has 0 saturated carbocycles. The van der Waals surface area contributed by atoms with Crippen molar-refractivity contribution in [2.45, 2.75) is 0 Å². The highest BCUT2D eigenvalue weighted by molar-refractivity contribution is 7.23. The lowest BCUT2D eigenvalue weighted by molar-refractivity contribution is 0.668. The standard InChI is InChI=1S/C41H21N5O3S/c47-40-29-18-15-24(21-36(29)50-41-42-30-9-3-4-10-31(30)46(40)41)39-44-37(22-13-16-27-25-7-1-5-11-32(25)48-34(27)19-22)43-38(45-39)23-14-17-28-26-8-2-6-12-33(26)49-35(28)20-23/h1-21H. The van der Waals surface area contributed by atoms with E-state index in [1.807, 2.05) is 115 Å². The van der Waals surface area contributed by atoms with E-state index >= 15 is 0 Å². The van der Waals surface area contributed by atoms with E-state index < -0.39 is 0 Å². The number of benzene rings is 6. The molecule has 0 bridgehead atoms. The summed E-state index contributed by atoms with van der Waals surface area (Å²) in [6.07, 6.45) is 0. The third kappa shape index (κ3) is 4.01. The van der Waals surface area contributed by atoms with Gasteiger partial charge in [-0.1, -0.05) is 78.1 Å². The molecule has 0 fully saturated rings. The summed E-state index contributed by atoms with van der Waals surface area (Å²) in [5, 5.41) is 4.77. The Morgan fingerprint density at radius 2 is 0.980 bits per heavy atom. The average molecular weight is 664 g/mol. The van der Waals surface area contributed by atoms with Crippen LogP contribution in [0.15, 0.2) is 141 Å². The predicted molar refractivity (Wildman–Crippen MR) is 199 cm³/mol. The van der Waals surface area contributed by atoms with Gasteiger partial charge in [0.25, 0.3) is 5.56 Å². The Morgan fingerprint density at radius 3 is 1.60 bits per heavy atom. The van der Waals surface area contributed by atoms with Crippen LogP contribution in [0.5, 0.6) is 0 Å². The van der Waals surface area contributed by atoms with Gasteiger partial charge in [-0.15, -0.1) is 0 Å². The number of hydrogen-bond donors (Lipinski definition) is 0. The molecule has 5 aromatic heterocycles. The Labute approximate surface area is 285 Å². The van der Waals surface area contributed by atoms with E-state index in [1.54, 1.807) is 4.40 Å². The first-order valence-electron chi connectivity index (χ1n) is 16.1. The summed E-state index contributed by atoms with van der Waals surface area (Å²) in [5.74, 6) is 1.48. The smallest absolute Gasteiger partial charge is 0.266 e. The van der Waals surface area contributed by atoms with E-state index in [1.165, 1.54) is 11.3 Å². The zero-order valence-electron chi connectivity index (χ0n) is 26.0. The molecule has 8 nitrogen and oxygen atoms in total. The Kier molecular flexibility index (Phi) is 5.53. The second-order valence-electron chi connectivity index (χ2n) is 12.3. The van der Waals surface area contributed by atoms with Gasteiger partial charge in [0, 0.05) is 42.9 Å². The van der Waals surface area contributed by atoms with Gasteiger partial charge in [-0.2, -0.15) is 0 Å². The van der Waals surface area contributed by atoms with E-state index in [0.29, 0.717) is 27.8 Å². The molecule has 6 aromatic carbocycles. The fraction of sp³-hybridized carbons (Fsp3) is 0. The van der Waals surface area contributed by atoms with E-state index in [-0.39, 0.29) is 5.56 Å². The van der Waals surface area contributed by atoms with Crippen LogP contribution in [0.25, 0.3) is 104 Å². The number of fused-ring (bicyclic) bond motifs is 10. The number of furan rings is 2. The minimum Gasteiger partial charge on any atom is -0.456 e. The van der Waals surface area contributed by atoms with Gasteiger partial charge < -0.3 is 8.83 Å². The van der Waals surface area contributed by atoms with Crippen molar-refractivity contribution in [2.24, 2.45) is 0 Å². The van der Waals surface area contributed by atoms with Crippen LogP contribution in [0.3, 0.4) is 0 Å². The van der Waals surface area contributed by atoms with Gasteiger partial charge in [0.15, 0.2) is 22.4 Å². The predicted octanol–water partition coefficient (Wildman–Crippen LogP) is 10.0. The van der Waals surface area contributed by atoms with Crippen LogP contribution in [-0.4, -0.2) is 24.3 Å². The third-order valence-corrected chi connectivity index (χ3v) is 10.3. The quantitative estimate of drug-likeness (QED) is 0.185. The van der Waals surface area contributed by atoms with Crippen molar-refractivity contribution in [3.63, 3.8) is 0 Å². The monoisotopic (exact) mass is 663 g/mol. The van der Waals surface area contributed by atoms with Gasteiger partial charge in [0.05, 0.1) is 16.4 Å².